The molecule has 0 saturated carbocycles. The Morgan fingerprint density at radius 2 is 2.19 bits per heavy atom. The van der Waals surface area contributed by atoms with Crippen molar-refractivity contribution in [2.45, 2.75) is 26.8 Å². The Hall–Kier alpha value is -2.21. The Bertz CT molecular complexity index is 820. The number of hydrogen-bond donors (Lipinski definition) is 1. The molecule has 1 N–H and O–H groups in total. The number of aryl methyl sites for hydroxylation is 2. The third-order valence-electron chi connectivity index (χ3n) is 3.38. The van der Waals surface area contributed by atoms with Gasteiger partial charge < -0.3 is 9.67 Å². The highest BCUT2D eigenvalue weighted by molar-refractivity contribution is 7.09. The molecular formula is C15H15N3O2S. The summed E-state index contributed by atoms with van der Waals surface area (Å²) >= 11 is 1.59. The van der Waals surface area contributed by atoms with E-state index in [9.17, 15) is 9.90 Å². The molecule has 0 aliphatic heterocycles. The first-order valence-corrected chi connectivity index (χ1v) is 7.60. The normalized spacial score (nSPS) is 11.1. The fourth-order valence-electron chi connectivity index (χ4n) is 2.49. The molecule has 0 atom stereocenters. The van der Waals surface area contributed by atoms with Gasteiger partial charge in [0.1, 0.15) is 5.82 Å². The maximum absolute atomic E-state index is 11.5. The van der Waals surface area contributed by atoms with Gasteiger partial charge in [-0.2, -0.15) is 0 Å². The SMILES string of the molecule is CCc1nc2cccc(C(=O)O)c2n1Cc1csc(C)n1. The van der Waals surface area contributed by atoms with Crippen LogP contribution in [0.25, 0.3) is 11.0 Å². The monoisotopic (exact) mass is 301 g/mol. The van der Waals surface area contributed by atoms with Crippen LogP contribution < -0.4 is 0 Å². The Balaban J connectivity index is 2.20. The van der Waals surface area contributed by atoms with E-state index in [4.69, 9.17) is 0 Å². The second kappa shape index (κ2) is 5.29. The summed E-state index contributed by atoms with van der Waals surface area (Å²) in [5, 5.41) is 12.4. The molecule has 0 radical (unpaired) electrons. The lowest BCUT2D eigenvalue weighted by molar-refractivity contribution is 0.0698. The minimum Gasteiger partial charge on any atom is -0.478 e. The van der Waals surface area contributed by atoms with Crippen molar-refractivity contribution in [3.05, 3.63) is 45.7 Å². The molecular weight excluding hydrogens is 286 g/mol. The fraction of sp³-hybridized carbons (Fsp3) is 0.267. The van der Waals surface area contributed by atoms with Crippen LogP contribution in [0.1, 0.15) is 33.8 Å². The van der Waals surface area contributed by atoms with Crippen molar-refractivity contribution in [2.24, 2.45) is 0 Å². The van der Waals surface area contributed by atoms with Gasteiger partial charge in [-0.25, -0.2) is 14.8 Å². The van der Waals surface area contributed by atoms with E-state index in [1.807, 2.05) is 29.9 Å². The van der Waals surface area contributed by atoms with Gasteiger partial charge in [-0.3, -0.25) is 0 Å². The summed E-state index contributed by atoms with van der Waals surface area (Å²) in [5.41, 5.74) is 2.62. The van der Waals surface area contributed by atoms with Crippen LogP contribution in [0.5, 0.6) is 0 Å². The lowest BCUT2D eigenvalue weighted by Gasteiger charge is -2.08. The van der Waals surface area contributed by atoms with Crippen LogP contribution >= 0.6 is 11.3 Å². The van der Waals surface area contributed by atoms with Crippen molar-refractivity contribution in [2.75, 3.05) is 0 Å². The molecule has 0 aliphatic rings. The van der Waals surface area contributed by atoms with E-state index in [0.29, 0.717) is 12.1 Å². The van der Waals surface area contributed by atoms with Crippen molar-refractivity contribution in [3.8, 4) is 0 Å². The lowest BCUT2D eigenvalue weighted by Crippen LogP contribution is -2.08. The van der Waals surface area contributed by atoms with E-state index in [1.165, 1.54) is 0 Å². The Morgan fingerprint density at radius 1 is 1.38 bits per heavy atom. The minimum atomic E-state index is -0.932. The molecule has 0 unspecified atom stereocenters. The van der Waals surface area contributed by atoms with Crippen molar-refractivity contribution in [1.82, 2.24) is 14.5 Å². The maximum atomic E-state index is 11.5. The molecule has 3 rings (SSSR count). The average molecular weight is 301 g/mol. The number of thiazole rings is 1. The van der Waals surface area contributed by atoms with E-state index in [2.05, 4.69) is 9.97 Å². The molecule has 2 aromatic heterocycles. The third-order valence-corrected chi connectivity index (χ3v) is 4.20. The Labute approximate surface area is 125 Å². The maximum Gasteiger partial charge on any atom is 0.337 e. The Kier molecular flexibility index (Phi) is 3.47. The quantitative estimate of drug-likeness (QED) is 0.804. The standard InChI is InChI=1S/C15H15N3O2S/c1-3-13-17-12-6-4-5-11(15(19)20)14(12)18(13)7-10-8-21-9(2)16-10/h4-6,8H,3,7H2,1-2H3,(H,19,20). The molecule has 5 nitrogen and oxygen atoms in total. The van der Waals surface area contributed by atoms with Crippen LogP contribution in [-0.4, -0.2) is 25.6 Å². The first-order valence-electron chi connectivity index (χ1n) is 6.72. The number of rotatable bonds is 4. The molecule has 0 fully saturated rings. The fourth-order valence-corrected chi connectivity index (χ4v) is 3.09. The summed E-state index contributed by atoms with van der Waals surface area (Å²) < 4.78 is 1.97. The highest BCUT2D eigenvalue weighted by Gasteiger charge is 2.17. The number of nitrogens with zero attached hydrogens (tertiary/aromatic N) is 3. The van der Waals surface area contributed by atoms with Crippen molar-refractivity contribution in [1.29, 1.82) is 0 Å². The van der Waals surface area contributed by atoms with Crippen molar-refractivity contribution >= 4 is 28.3 Å². The van der Waals surface area contributed by atoms with Crippen LogP contribution in [-0.2, 0) is 13.0 Å². The second-order valence-corrected chi connectivity index (χ2v) is 5.87. The summed E-state index contributed by atoms with van der Waals surface area (Å²) in [5.74, 6) is -0.0526. The van der Waals surface area contributed by atoms with Crippen LogP contribution in [0.15, 0.2) is 23.6 Å². The van der Waals surface area contributed by atoms with Gasteiger partial charge in [-0.15, -0.1) is 11.3 Å². The van der Waals surface area contributed by atoms with Crippen LogP contribution in [0.2, 0.25) is 0 Å². The average Bonchev–Trinajstić information content (AvgIpc) is 3.03. The molecule has 108 valence electrons. The summed E-state index contributed by atoms with van der Waals surface area (Å²) in [6.07, 6.45) is 0.747. The molecule has 0 spiro atoms. The van der Waals surface area contributed by atoms with Gasteiger partial charge in [0.2, 0.25) is 0 Å². The number of carbonyl (C=O) groups is 1. The molecule has 21 heavy (non-hydrogen) atoms. The Morgan fingerprint density at radius 3 is 2.81 bits per heavy atom. The number of hydrogen-bond acceptors (Lipinski definition) is 4. The van der Waals surface area contributed by atoms with E-state index in [0.717, 1.165) is 28.5 Å². The predicted molar refractivity (Wildman–Crippen MR) is 82.0 cm³/mol. The van der Waals surface area contributed by atoms with Crippen LogP contribution in [0, 0.1) is 6.92 Å². The number of carboxylic acids is 1. The van der Waals surface area contributed by atoms with Crippen molar-refractivity contribution in [3.63, 3.8) is 0 Å². The van der Waals surface area contributed by atoms with Gasteiger partial charge in [-0.1, -0.05) is 13.0 Å². The number of fused-ring (bicyclic) bond motifs is 1. The van der Waals surface area contributed by atoms with Gasteiger partial charge in [0.05, 0.1) is 33.8 Å². The predicted octanol–water partition coefficient (Wildman–Crippen LogP) is 3.11. The van der Waals surface area contributed by atoms with Crippen LogP contribution in [0.4, 0.5) is 0 Å². The van der Waals surface area contributed by atoms with Gasteiger partial charge in [0, 0.05) is 11.8 Å². The molecule has 0 bridgehead atoms. The molecule has 6 heteroatoms. The highest BCUT2D eigenvalue weighted by atomic mass is 32.1. The highest BCUT2D eigenvalue weighted by Crippen LogP contribution is 2.23. The third kappa shape index (κ3) is 2.42. The molecule has 0 aliphatic carbocycles. The number of imidazole rings is 1. The second-order valence-electron chi connectivity index (χ2n) is 4.80. The zero-order chi connectivity index (χ0) is 15.0. The number of aromatic carboxylic acids is 1. The molecule has 0 saturated heterocycles. The first-order chi connectivity index (χ1) is 10.1. The molecule has 2 heterocycles. The minimum absolute atomic E-state index is 0.284. The molecule has 0 amide bonds. The topological polar surface area (TPSA) is 68.0 Å². The number of benzene rings is 1. The molecule has 1 aromatic carbocycles. The van der Waals surface area contributed by atoms with Gasteiger partial charge in [0.25, 0.3) is 0 Å². The number of carboxylic acid groups (broad SMARTS) is 1. The zero-order valence-electron chi connectivity index (χ0n) is 11.8. The van der Waals surface area contributed by atoms with Gasteiger partial charge >= 0.3 is 5.97 Å². The summed E-state index contributed by atoms with van der Waals surface area (Å²) in [6.45, 7) is 4.53. The van der Waals surface area contributed by atoms with E-state index >= 15 is 0 Å². The zero-order valence-corrected chi connectivity index (χ0v) is 12.6. The summed E-state index contributed by atoms with van der Waals surface area (Å²) in [7, 11) is 0. The lowest BCUT2D eigenvalue weighted by atomic mass is 10.2. The summed E-state index contributed by atoms with van der Waals surface area (Å²) in [4.78, 5) is 20.5. The number of aromatic nitrogens is 3. The summed E-state index contributed by atoms with van der Waals surface area (Å²) in [6, 6.07) is 5.20. The van der Waals surface area contributed by atoms with Gasteiger partial charge in [0.15, 0.2) is 0 Å². The van der Waals surface area contributed by atoms with E-state index in [1.54, 1.807) is 23.5 Å². The first kappa shape index (κ1) is 13.8. The van der Waals surface area contributed by atoms with Crippen molar-refractivity contribution < 1.29 is 9.90 Å². The van der Waals surface area contributed by atoms with E-state index in [-0.39, 0.29) is 5.56 Å². The van der Waals surface area contributed by atoms with E-state index < -0.39 is 5.97 Å². The smallest absolute Gasteiger partial charge is 0.337 e. The number of para-hydroxylation sites is 1. The van der Waals surface area contributed by atoms with Gasteiger partial charge in [-0.05, 0) is 19.1 Å². The molecule has 3 aromatic rings. The van der Waals surface area contributed by atoms with Crippen LogP contribution in [0.3, 0.4) is 0 Å². The largest absolute Gasteiger partial charge is 0.478 e.